The number of aromatic amines is 1. The van der Waals surface area contributed by atoms with Crippen molar-refractivity contribution < 1.29 is 4.84 Å². The number of fused-ring (bicyclic) bond motifs is 1. The summed E-state index contributed by atoms with van der Waals surface area (Å²) in [5, 5.41) is 3.81. The third-order valence-corrected chi connectivity index (χ3v) is 1.96. The van der Waals surface area contributed by atoms with E-state index in [1.54, 1.807) is 0 Å². The zero-order valence-corrected chi connectivity index (χ0v) is 8.11. The maximum atomic E-state index is 4.68. The molecule has 1 aromatic heterocycles. The van der Waals surface area contributed by atoms with Crippen molar-refractivity contribution in [2.45, 2.75) is 6.92 Å². The lowest BCUT2D eigenvalue weighted by molar-refractivity contribution is 0.213. The van der Waals surface area contributed by atoms with Gasteiger partial charge < -0.3 is 9.82 Å². The number of H-pyrrole nitrogens is 1. The number of hydrogen-bond acceptors (Lipinski definition) is 3. The van der Waals surface area contributed by atoms with Gasteiger partial charge in [0, 0.05) is 0 Å². The van der Waals surface area contributed by atoms with Gasteiger partial charge in [-0.1, -0.05) is 17.3 Å². The molecule has 0 saturated carbocycles. The highest BCUT2D eigenvalue weighted by atomic mass is 16.6. The molecular weight excluding hydrogens is 178 g/mol. The molecule has 4 heteroatoms. The van der Waals surface area contributed by atoms with Crippen molar-refractivity contribution in [3.8, 4) is 0 Å². The van der Waals surface area contributed by atoms with Crippen LogP contribution in [0, 0.1) is 0 Å². The van der Waals surface area contributed by atoms with Crippen LogP contribution >= 0.6 is 0 Å². The van der Waals surface area contributed by atoms with E-state index in [4.69, 9.17) is 0 Å². The summed E-state index contributed by atoms with van der Waals surface area (Å²) in [7, 11) is 1.52. The van der Waals surface area contributed by atoms with Gasteiger partial charge >= 0.3 is 0 Å². The van der Waals surface area contributed by atoms with Crippen LogP contribution in [0.15, 0.2) is 29.4 Å². The molecule has 0 aliphatic carbocycles. The fraction of sp³-hybridized carbons (Fsp3) is 0.200. The van der Waals surface area contributed by atoms with Crippen molar-refractivity contribution >= 4 is 16.7 Å². The Morgan fingerprint density at radius 3 is 2.93 bits per heavy atom. The molecule has 0 radical (unpaired) electrons. The number of oxime groups is 1. The molecule has 0 spiro atoms. The van der Waals surface area contributed by atoms with E-state index in [0.717, 1.165) is 22.6 Å². The van der Waals surface area contributed by atoms with Crippen LogP contribution in [-0.4, -0.2) is 22.8 Å². The molecule has 0 atom stereocenters. The van der Waals surface area contributed by atoms with Crippen LogP contribution in [0.4, 0.5) is 0 Å². The lowest BCUT2D eigenvalue weighted by Gasteiger charge is -1.92. The van der Waals surface area contributed by atoms with Crippen LogP contribution in [-0.2, 0) is 4.84 Å². The van der Waals surface area contributed by atoms with Gasteiger partial charge in [-0.2, -0.15) is 0 Å². The van der Waals surface area contributed by atoms with E-state index in [0.29, 0.717) is 0 Å². The zero-order chi connectivity index (χ0) is 9.97. The molecule has 14 heavy (non-hydrogen) atoms. The molecule has 1 aromatic carbocycles. The van der Waals surface area contributed by atoms with E-state index in [1.165, 1.54) is 7.11 Å². The van der Waals surface area contributed by atoms with Crippen molar-refractivity contribution in [2.75, 3.05) is 7.11 Å². The third kappa shape index (κ3) is 1.46. The van der Waals surface area contributed by atoms with Crippen molar-refractivity contribution in [3.05, 3.63) is 30.1 Å². The Kier molecular flexibility index (Phi) is 2.18. The number of nitrogens with one attached hydrogen (secondary N) is 1. The largest absolute Gasteiger partial charge is 0.399 e. The fourth-order valence-electron chi connectivity index (χ4n) is 1.30. The highest BCUT2D eigenvalue weighted by Crippen LogP contribution is 2.10. The molecule has 0 unspecified atom stereocenters. The van der Waals surface area contributed by atoms with Gasteiger partial charge in [0.2, 0.25) is 0 Å². The van der Waals surface area contributed by atoms with Gasteiger partial charge in [0.1, 0.15) is 12.8 Å². The van der Waals surface area contributed by atoms with Gasteiger partial charge in [0.05, 0.1) is 11.0 Å². The molecule has 72 valence electrons. The number of imidazole rings is 1. The minimum atomic E-state index is 0.740. The van der Waals surface area contributed by atoms with Crippen LogP contribution < -0.4 is 0 Å². The molecule has 4 nitrogen and oxygen atoms in total. The second kappa shape index (κ2) is 3.49. The van der Waals surface area contributed by atoms with Crippen molar-refractivity contribution in [1.82, 2.24) is 9.97 Å². The van der Waals surface area contributed by atoms with E-state index in [-0.39, 0.29) is 0 Å². The Morgan fingerprint density at radius 2 is 2.21 bits per heavy atom. The molecular formula is C10H11N3O. The summed E-state index contributed by atoms with van der Waals surface area (Å²) >= 11 is 0. The normalized spacial score (nSPS) is 12.0. The lowest BCUT2D eigenvalue weighted by Crippen LogP contribution is -1.97. The summed E-state index contributed by atoms with van der Waals surface area (Å²) < 4.78 is 0. The van der Waals surface area contributed by atoms with Gasteiger partial charge in [-0.05, 0) is 19.1 Å². The topological polar surface area (TPSA) is 50.3 Å². The first kappa shape index (κ1) is 8.74. The van der Waals surface area contributed by atoms with E-state index in [9.17, 15) is 0 Å². The fourth-order valence-corrected chi connectivity index (χ4v) is 1.30. The Morgan fingerprint density at radius 1 is 1.43 bits per heavy atom. The second-order valence-electron chi connectivity index (χ2n) is 2.96. The number of rotatable bonds is 2. The minimum Gasteiger partial charge on any atom is -0.399 e. The molecule has 2 rings (SSSR count). The highest BCUT2D eigenvalue weighted by Gasteiger charge is 2.04. The number of benzene rings is 1. The minimum absolute atomic E-state index is 0.740. The molecule has 0 aliphatic rings. The Balaban J connectivity index is 2.50. The van der Waals surface area contributed by atoms with Crippen LogP contribution in [0.5, 0.6) is 0 Å². The van der Waals surface area contributed by atoms with E-state index in [1.807, 2.05) is 31.2 Å². The molecule has 0 saturated heterocycles. The van der Waals surface area contributed by atoms with Crippen molar-refractivity contribution in [2.24, 2.45) is 5.16 Å². The van der Waals surface area contributed by atoms with Crippen LogP contribution in [0.2, 0.25) is 0 Å². The predicted molar refractivity (Wildman–Crippen MR) is 55.3 cm³/mol. The first-order chi connectivity index (χ1) is 6.81. The van der Waals surface area contributed by atoms with Crippen LogP contribution in [0.25, 0.3) is 11.0 Å². The van der Waals surface area contributed by atoms with Crippen LogP contribution in [0.3, 0.4) is 0 Å². The molecule has 0 aliphatic heterocycles. The summed E-state index contributed by atoms with van der Waals surface area (Å²) in [5.41, 5.74) is 2.69. The monoisotopic (exact) mass is 189 g/mol. The first-order valence-electron chi connectivity index (χ1n) is 4.34. The van der Waals surface area contributed by atoms with Gasteiger partial charge in [0.15, 0.2) is 5.82 Å². The van der Waals surface area contributed by atoms with E-state index in [2.05, 4.69) is 20.0 Å². The zero-order valence-electron chi connectivity index (χ0n) is 8.11. The van der Waals surface area contributed by atoms with Crippen molar-refractivity contribution in [3.63, 3.8) is 0 Å². The van der Waals surface area contributed by atoms with Crippen molar-refractivity contribution in [1.29, 1.82) is 0 Å². The Labute approximate surface area is 81.6 Å². The Hall–Kier alpha value is -1.84. The number of hydrogen-bond donors (Lipinski definition) is 1. The van der Waals surface area contributed by atoms with E-state index < -0.39 is 0 Å². The maximum absolute atomic E-state index is 4.68. The number of nitrogens with zero attached hydrogens (tertiary/aromatic N) is 2. The molecule has 1 N–H and O–H groups in total. The number of para-hydroxylation sites is 2. The summed E-state index contributed by atoms with van der Waals surface area (Å²) in [5.74, 6) is 0.744. The predicted octanol–water partition coefficient (Wildman–Crippen LogP) is 1.93. The first-order valence-corrected chi connectivity index (χ1v) is 4.34. The molecule has 0 amide bonds. The standard InChI is InChI=1S/C10H11N3O/c1-7(13-14-2)10-11-8-5-3-4-6-9(8)12-10/h3-6H,1-2H3,(H,11,12). The average Bonchev–Trinajstić information content (AvgIpc) is 2.61. The number of aromatic nitrogens is 2. The summed E-state index contributed by atoms with van der Waals surface area (Å²) in [6.45, 7) is 1.85. The van der Waals surface area contributed by atoms with E-state index >= 15 is 0 Å². The van der Waals surface area contributed by atoms with Gasteiger partial charge in [-0.25, -0.2) is 4.98 Å². The Bertz CT molecular complexity index is 440. The smallest absolute Gasteiger partial charge is 0.156 e. The summed E-state index contributed by atoms with van der Waals surface area (Å²) in [6.07, 6.45) is 0. The van der Waals surface area contributed by atoms with Gasteiger partial charge in [-0.3, -0.25) is 0 Å². The highest BCUT2D eigenvalue weighted by molar-refractivity contribution is 5.97. The van der Waals surface area contributed by atoms with Crippen LogP contribution in [0.1, 0.15) is 12.7 Å². The second-order valence-corrected chi connectivity index (χ2v) is 2.96. The summed E-state index contributed by atoms with van der Waals surface area (Å²) in [6, 6.07) is 7.85. The average molecular weight is 189 g/mol. The molecule has 0 fully saturated rings. The SMILES string of the molecule is CON=C(C)c1nc2ccccc2[nH]1. The van der Waals surface area contributed by atoms with Gasteiger partial charge in [-0.15, -0.1) is 0 Å². The quantitative estimate of drug-likeness (QED) is 0.579. The van der Waals surface area contributed by atoms with Gasteiger partial charge in [0.25, 0.3) is 0 Å². The molecule has 1 heterocycles. The maximum Gasteiger partial charge on any atom is 0.156 e. The summed E-state index contributed by atoms with van der Waals surface area (Å²) in [4.78, 5) is 12.2. The third-order valence-electron chi connectivity index (χ3n) is 1.96. The molecule has 2 aromatic rings. The molecule has 0 bridgehead atoms. The lowest BCUT2D eigenvalue weighted by atomic mass is 10.3.